The molecule has 5 aromatic rings. The van der Waals surface area contributed by atoms with Crippen molar-refractivity contribution in [1.29, 1.82) is 0 Å². The number of hydrogen-bond donors (Lipinski definition) is 1. The first-order valence-corrected chi connectivity index (χ1v) is 11.0. The van der Waals surface area contributed by atoms with Crippen LogP contribution in [-0.4, -0.2) is 25.6 Å². The fourth-order valence-corrected chi connectivity index (χ4v) is 3.76. The van der Waals surface area contributed by atoms with Gasteiger partial charge in [-0.05, 0) is 55.5 Å². The number of carbonyl (C=O) groups is 1. The van der Waals surface area contributed by atoms with Gasteiger partial charge in [-0.2, -0.15) is 4.98 Å². The number of fused-ring (bicyclic) bond motifs is 1. The molecule has 1 amide bonds. The lowest BCUT2D eigenvalue weighted by molar-refractivity contribution is -0.116. The quantitative estimate of drug-likeness (QED) is 0.359. The van der Waals surface area contributed by atoms with E-state index in [1.165, 1.54) is 16.8 Å². The molecule has 0 radical (unpaired) electrons. The number of anilines is 1. The molecule has 0 aliphatic rings. The molecule has 0 saturated heterocycles. The zero-order chi connectivity index (χ0) is 25.4. The average molecular weight is 508 g/mol. The van der Waals surface area contributed by atoms with E-state index in [2.05, 4.69) is 20.4 Å². The molecule has 3 aromatic heterocycles. The Balaban J connectivity index is 1.56. The molecule has 0 aliphatic carbocycles. The molecule has 3 heterocycles. The highest BCUT2D eigenvalue weighted by Gasteiger charge is 2.20. The number of halogens is 3. The summed E-state index contributed by atoms with van der Waals surface area (Å²) in [6.07, 6.45) is 1.35. The molecule has 0 fully saturated rings. The van der Waals surface area contributed by atoms with Gasteiger partial charge in [0, 0.05) is 22.5 Å². The van der Waals surface area contributed by atoms with Gasteiger partial charge in [0.05, 0.1) is 5.39 Å². The summed E-state index contributed by atoms with van der Waals surface area (Å²) >= 11 is 5.93. The highest BCUT2D eigenvalue weighted by atomic mass is 35.5. The summed E-state index contributed by atoms with van der Waals surface area (Å²) < 4.78 is 34.8. The van der Waals surface area contributed by atoms with Crippen molar-refractivity contribution in [2.75, 3.05) is 5.32 Å². The Labute approximate surface area is 207 Å². The van der Waals surface area contributed by atoms with Gasteiger partial charge >= 0.3 is 0 Å². The van der Waals surface area contributed by atoms with E-state index >= 15 is 0 Å². The number of para-hydroxylation sites is 1. The summed E-state index contributed by atoms with van der Waals surface area (Å²) in [5, 5.41) is 6.91. The topological polar surface area (TPSA) is 103 Å². The minimum absolute atomic E-state index is 0.0331. The lowest BCUT2D eigenvalue weighted by atomic mass is 10.1. The van der Waals surface area contributed by atoms with Gasteiger partial charge < -0.3 is 14.4 Å². The highest BCUT2D eigenvalue weighted by molar-refractivity contribution is 6.30. The average Bonchev–Trinajstić information content (AvgIpc) is 3.34. The van der Waals surface area contributed by atoms with Gasteiger partial charge in [-0.3, -0.25) is 9.59 Å². The number of nitrogens with zero attached hydrogens (tertiary/aromatic N) is 4. The Morgan fingerprint density at radius 2 is 1.78 bits per heavy atom. The van der Waals surface area contributed by atoms with Crippen molar-refractivity contribution >= 4 is 34.2 Å². The summed E-state index contributed by atoms with van der Waals surface area (Å²) in [5.74, 6) is -2.39. The molecule has 5 rings (SSSR count). The fraction of sp³-hybridized carbons (Fsp3) is 0.0800. The number of aryl methyl sites for hydroxylation is 1. The minimum Gasteiger partial charge on any atom is -0.333 e. The minimum atomic E-state index is -0.914. The van der Waals surface area contributed by atoms with Gasteiger partial charge in [0.15, 0.2) is 0 Å². The van der Waals surface area contributed by atoms with Crippen molar-refractivity contribution in [3.05, 3.63) is 93.4 Å². The van der Waals surface area contributed by atoms with Crippen LogP contribution in [0.2, 0.25) is 5.02 Å². The molecule has 180 valence electrons. The number of hydrogen-bond acceptors (Lipinski definition) is 6. The van der Waals surface area contributed by atoms with Crippen LogP contribution in [0.15, 0.2) is 70.1 Å². The first-order chi connectivity index (χ1) is 17.3. The molecule has 0 bridgehead atoms. The number of carbonyl (C=O) groups excluding carboxylic acids is 1. The maximum atomic E-state index is 14.0. The summed E-state index contributed by atoms with van der Waals surface area (Å²) in [6.45, 7) is 1.33. The van der Waals surface area contributed by atoms with E-state index in [-0.39, 0.29) is 28.3 Å². The first-order valence-electron chi connectivity index (χ1n) is 10.6. The number of amides is 1. The second kappa shape index (κ2) is 9.31. The van der Waals surface area contributed by atoms with Crippen molar-refractivity contribution in [2.45, 2.75) is 13.5 Å². The van der Waals surface area contributed by atoms with E-state index in [4.69, 9.17) is 16.1 Å². The van der Waals surface area contributed by atoms with Gasteiger partial charge in [0.25, 0.3) is 5.89 Å². The molecule has 0 unspecified atom stereocenters. The molecule has 0 aliphatic heterocycles. The van der Waals surface area contributed by atoms with Crippen LogP contribution in [0, 0.1) is 18.6 Å². The lowest BCUT2D eigenvalue weighted by Gasteiger charge is -2.13. The third-order valence-corrected chi connectivity index (χ3v) is 5.61. The summed E-state index contributed by atoms with van der Waals surface area (Å²) in [6, 6.07) is 13.2. The zero-order valence-corrected chi connectivity index (χ0v) is 19.4. The van der Waals surface area contributed by atoms with Crippen molar-refractivity contribution in [3.8, 4) is 22.8 Å². The van der Waals surface area contributed by atoms with E-state index in [1.54, 1.807) is 43.3 Å². The second-order valence-corrected chi connectivity index (χ2v) is 8.33. The van der Waals surface area contributed by atoms with E-state index < -0.39 is 35.2 Å². The van der Waals surface area contributed by atoms with Gasteiger partial charge in [-0.25, -0.2) is 13.8 Å². The van der Waals surface area contributed by atoms with Gasteiger partial charge in [0.2, 0.25) is 17.2 Å². The summed E-state index contributed by atoms with van der Waals surface area (Å²) in [7, 11) is 0. The Hall–Kier alpha value is -4.44. The van der Waals surface area contributed by atoms with Crippen LogP contribution in [0.5, 0.6) is 0 Å². The van der Waals surface area contributed by atoms with Gasteiger partial charge in [-0.15, -0.1) is 0 Å². The van der Waals surface area contributed by atoms with Crippen molar-refractivity contribution < 1.29 is 18.1 Å². The Morgan fingerprint density at radius 3 is 2.50 bits per heavy atom. The van der Waals surface area contributed by atoms with Crippen molar-refractivity contribution in [1.82, 2.24) is 19.7 Å². The smallest absolute Gasteiger partial charge is 0.263 e. The van der Waals surface area contributed by atoms with Gasteiger partial charge in [0.1, 0.15) is 35.1 Å². The monoisotopic (exact) mass is 507 g/mol. The van der Waals surface area contributed by atoms with Crippen LogP contribution >= 0.6 is 11.6 Å². The Kier molecular flexibility index (Phi) is 6.03. The van der Waals surface area contributed by atoms with Crippen molar-refractivity contribution in [2.24, 2.45) is 0 Å². The maximum Gasteiger partial charge on any atom is 0.263 e. The predicted molar refractivity (Wildman–Crippen MR) is 129 cm³/mol. The molecule has 2 aromatic carbocycles. The zero-order valence-electron chi connectivity index (χ0n) is 18.6. The van der Waals surface area contributed by atoms with Crippen LogP contribution in [0.4, 0.5) is 14.5 Å². The number of rotatable bonds is 5. The number of aromatic nitrogens is 4. The van der Waals surface area contributed by atoms with Crippen LogP contribution < -0.4 is 10.7 Å². The number of pyridine rings is 2. The summed E-state index contributed by atoms with van der Waals surface area (Å²) in [5.41, 5.74) is 0.476. The third-order valence-electron chi connectivity index (χ3n) is 5.36. The fourth-order valence-electron chi connectivity index (χ4n) is 3.63. The molecule has 11 heteroatoms. The normalized spacial score (nSPS) is 11.1. The SMILES string of the molecule is Cc1ccc2c(=O)c(-c3nc(-c4ccc(Cl)cc4)no3)cn(CC(=O)Nc3c(F)cccc3F)c2n1. The second-order valence-electron chi connectivity index (χ2n) is 7.90. The third kappa shape index (κ3) is 4.46. The lowest BCUT2D eigenvalue weighted by Crippen LogP contribution is -2.23. The highest BCUT2D eigenvalue weighted by Crippen LogP contribution is 2.24. The standard InChI is InChI=1S/C25H16ClF2N5O3/c1-13-5-10-16-22(35)17(25-31-23(32-36-25)14-6-8-15(26)9-7-14)11-33(24(16)29-13)12-20(34)30-21-18(27)3-2-4-19(21)28/h2-11H,12H2,1H3,(H,30,34). The van der Waals surface area contributed by atoms with Crippen LogP contribution in [0.25, 0.3) is 33.9 Å². The van der Waals surface area contributed by atoms with E-state index in [9.17, 15) is 18.4 Å². The van der Waals surface area contributed by atoms with Gasteiger partial charge in [-0.1, -0.05) is 22.8 Å². The Bertz CT molecular complexity index is 1660. The molecule has 8 nitrogen and oxygen atoms in total. The van der Waals surface area contributed by atoms with Crippen LogP contribution in [-0.2, 0) is 11.3 Å². The molecule has 0 saturated carbocycles. The first kappa shape index (κ1) is 23.3. The van der Waals surface area contributed by atoms with E-state index in [0.29, 0.717) is 16.3 Å². The number of benzene rings is 2. The summed E-state index contributed by atoms with van der Waals surface area (Å²) in [4.78, 5) is 34.7. The van der Waals surface area contributed by atoms with E-state index in [0.717, 1.165) is 12.1 Å². The molecule has 36 heavy (non-hydrogen) atoms. The van der Waals surface area contributed by atoms with E-state index in [1.807, 2.05) is 0 Å². The van der Waals surface area contributed by atoms with Crippen molar-refractivity contribution in [3.63, 3.8) is 0 Å². The van der Waals surface area contributed by atoms with Crippen LogP contribution in [0.3, 0.4) is 0 Å². The molecule has 1 N–H and O–H groups in total. The van der Waals surface area contributed by atoms with Crippen LogP contribution in [0.1, 0.15) is 5.69 Å². The number of nitrogens with one attached hydrogen (secondary N) is 1. The Morgan fingerprint density at radius 1 is 1.06 bits per heavy atom. The molecular formula is C25H16ClF2N5O3. The largest absolute Gasteiger partial charge is 0.333 e. The maximum absolute atomic E-state index is 14.0. The molecule has 0 atom stereocenters. The molecular weight excluding hydrogens is 492 g/mol. The predicted octanol–water partition coefficient (Wildman–Crippen LogP) is 4.99. The molecule has 0 spiro atoms.